The molecule has 1 unspecified atom stereocenters. The van der Waals surface area contributed by atoms with Gasteiger partial charge >= 0.3 is 0 Å². The molecule has 2 heterocycles. The number of aliphatic hydroxyl groups is 1. The lowest BCUT2D eigenvalue weighted by Gasteiger charge is -2.25. The fraction of sp³-hybridized carbons (Fsp3) is 0.259. The molecule has 1 atom stereocenters. The topological polar surface area (TPSA) is 28.4 Å². The number of rotatable bonds is 6. The molecule has 1 aliphatic rings. The van der Waals surface area contributed by atoms with E-state index in [1.54, 1.807) is 43.3 Å². The molecule has 1 N–H and O–H groups in total. The monoisotopic (exact) mass is 486 g/mol. The first-order chi connectivity index (χ1) is 15.8. The summed E-state index contributed by atoms with van der Waals surface area (Å²) in [6, 6.07) is 17.1. The lowest BCUT2D eigenvalue weighted by Crippen LogP contribution is -2.25. The minimum absolute atomic E-state index is 0. The number of fused-ring (bicyclic) bond motifs is 3. The molecule has 0 saturated carbocycles. The van der Waals surface area contributed by atoms with Gasteiger partial charge in [-0.2, -0.15) is 0 Å². The van der Waals surface area contributed by atoms with Gasteiger partial charge in [0.1, 0.15) is 17.5 Å². The van der Waals surface area contributed by atoms with Crippen LogP contribution in [0.3, 0.4) is 0 Å². The fourth-order valence-corrected chi connectivity index (χ4v) is 4.86. The molecule has 3 nitrogen and oxygen atoms in total. The Morgan fingerprint density at radius 2 is 1.47 bits per heavy atom. The zero-order chi connectivity index (χ0) is 23.2. The maximum absolute atomic E-state index is 14.1. The van der Waals surface area contributed by atoms with Crippen LogP contribution in [0.4, 0.5) is 13.2 Å². The van der Waals surface area contributed by atoms with E-state index in [-0.39, 0.29) is 29.9 Å². The van der Waals surface area contributed by atoms with Crippen molar-refractivity contribution in [2.75, 3.05) is 6.54 Å². The van der Waals surface area contributed by atoms with Gasteiger partial charge in [-0.05, 0) is 92.0 Å². The largest absolute Gasteiger partial charge is 0.385 e. The molecule has 3 aromatic carbocycles. The molecule has 4 aromatic rings. The van der Waals surface area contributed by atoms with Gasteiger partial charge in [-0.3, -0.25) is 4.90 Å². The van der Waals surface area contributed by atoms with Gasteiger partial charge in [0.15, 0.2) is 0 Å². The molecular weight excluding hydrogens is 461 g/mol. The maximum atomic E-state index is 14.1. The first-order valence-corrected chi connectivity index (χ1v) is 11.1. The van der Waals surface area contributed by atoms with Gasteiger partial charge in [0.2, 0.25) is 0 Å². The van der Waals surface area contributed by atoms with E-state index in [9.17, 15) is 18.3 Å². The zero-order valence-electron chi connectivity index (χ0n) is 18.8. The lowest BCUT2D eigenvalue weighted by atomic mass is 9.91. The fourth-order valence-electron chi connectivity index (χ4n) is 4.86. The summed E-state index contributed by atoms with van der Waals surface area (Å²) in [5, 5.41) is 11.7. The highest BCUT2D eigenvalue weighted by atomic mass is 35.5. The van der Waals surface area contributed by atoms with Crippen molar-refractivity contribution in [3.05, 3.63) is 101 Å². The SMILES string of the molecule is CC(O)(CCCN1Cc2c(n(-c3ccc(F)cc3)c3ccc(F)cc23)C1)c1ccc(F)cc1.Cl. The minimum Gasteiger partial charge on any atom is -0.385 e. The number of halogens is 4. The Morgan fingerprint density at radius 3 is 2.15 bits per heavy atom. The zero-order valence-corrected chi connectivity index (χ0v) is 19.6. The predicted octanol–water partition coefficient (Wildman–Crippen LogP) is 6.47. The number of benzene rings is 3. The Balaban J connectivity index is 0.00000274. The first kappa shape index (κ1) is 24.3. The standard InChI is InChI=1S/C27H25F3N2O.ClH/c1-27(33,18-3-5-19(28)6-4-18)13-2-14-31-16-24-23-15-21(30)9-12-25(23)32(26(24)17-31)22-10-7-20(29)8-11-22;/h3-12,15,33H,2,13-14,16-17H2,1H3;1H. The van der Waals surface area contributed by atoms with Crippen LogP contribution in [0.2, 0.25) is 0 Å². The van der Waals surface area contributed by atoms with E-state index in [2.05, 4.69) is 9.47 Å². The van der Waals surface area contributed by atoms with E-state index in [1.165, 1.54) is 30.3 Å². The van der Waals surface area contributed by atoms with E-state index in [0.717, 1.165) is 40.8 Å². The molecule has 34 heavy (non-hydrogen) atoms. The summed E-state index contributed by atoms with van der Waals surface area (Å²) in [7, 11) is 0. The molecular formula is C27H26ClF3N2O. The number of hydrogen-bond donors (Lipinski definition) is 1. The Hall–Kier alpha value is -2.80. The Kier molecular flexibility index (Phi) is 6.76. The third-order valence-corrected chi connectivity index (χ3v) is 6.59. The average molecular weight is 487 g/mol. The van der Waals surface area contributed by atoms with Crippen molar-refractivity contribution in [2.24, 2.45) is 0 Å². The number of nitrogens with zero attached hydrogens (tertiary/aromatic N) is 2. The summed E-state index contributed by atoms with van der Waals surface area (Å²) in [5.74, 6) is -0.905. The summed E-state index contributed by atoms with van der Waals surface area (Å²) in [6.07, 6.45) is 1.28. The van der Waals surface area contributed by atoms with Crippen molar-refractivity contribution in [3.8, 4) is 5.69 Å². The van der Waals surface area contributed by atoms with Crippen LogP contribution in [0.5, 0.6) is 0 Å². The summed E-state index contributed by atoms with van der Waals surface area (Å²) in [4.78, 5) is 2.27. The average Bonchev–Trinajstić information content (AvgIpc) is 3.31. The van der Waals surface area contributed by atoms with Crippen molar-refractivity contribution < 1.29 is 18.3 Å². The Labute approximate surface area is 202 Å². The van der Waals surface area contributed by atoms with Crippen molar-refractivity contribution in [3.63, 3.8) is 0 Å². The molecule has 0 aliphatic carbocycles. The van der Waals surface area contributed by atoms with Crippen molar-refractivity contribution in [1.82, 2.24) is 9.47 Å². The van der Waals surface area contributed by atoms with Crippen LogP contribution in [0.1, 0.15) is 36.6 Å². The third kappa shape index (κ3) is 4.58. The number of hydrogen-bond acceptors (Lipinski definition) is 2. The summed E-state index contributed by atoms with van der Waals surface area (Å²) in [5.41, 5.74) is 3.56. The van der Waals surface area contributed by atoms with E-state index < -0.39 is 5.60 Å². The maximum Gasteiger partial charge on any atom is 0.123 e. The van der Waals surface area contributed by atoms with Crippen LogP contribution in [-0.2, 0) is 18.7 Å². The highest BCUT2D eigenvalue weighted by molar-refractivity contribution is 5.88. The van der Waals surface area contributed by atoms with Gasteiger partial charge in [-0.15, -0.1) is 12.4 Å². The highest BCUT2D eigenvalue weighted by Crippen LogP contribution is 2.36. The Bertz CT molecular complexity index is 1300. The highest BCUT2D eigenvalue weighted by Gasteiger charge is 2.29. The van der Waals surface area contributed by atoms with Crippen molar-refractivity contribution in [1.29, 1.82) is 0 Å². The Morgan fingerprint density at radius 1 is 0.853 bits per heavy atom. The summed E-state index contributed by atoms with van der Waals surface area (Å²) < 4.78 is 42.9. The lowest BCUT2D eigenvalue weighted by molar-refractivity contribution is 0.0421. The molecule has 1 aromatic heterocycles. The van der Waals surface area contributed by atoms with Gasteiger partial charge in [-0.25, -0.2) is 13.2 Å². The molecule has 1 aliphatic heterocycles. The molecule has 5 rings (SSSR count). The van der Waals surface area contributed by atoms with Crippen LogP contribution in [0.25, 0.3) is 16.6 Å². The molecule has 0 bridgehead atoms. The smallest absolute Gasteiger partial charge is 0.123 e. The normalized spacial score (nSPS) is 15.2. The van der Waals surface area contributed by atoms with Gasteiger partial charge < -0.3 is 9.67 Å². The predicted molar refractivity (Wildman–Crippen MR) is 130 cm³/mol. The van der Waals surface area contributed by atoms with Crippen LogP contribution in [-0.4, -0.2) is 21.1 Å². The van der Waals surface area contributed by atoms with Crippen LogP contribution in [0, 0.1) is 17.5 Å². The van der Waals surface area contributed by atoms with Crippen LogP contribution in [0.15, 0.2) is 66.7 Å². The second-order valence-corrected chi connectivity index (χ2v) is 8.99. The summed E-state index contributed by atoms with van der Waals surface area (Å²) in [6.45, 7) is 3.87. The first-order valence-electron chi connectivity index (χ1n) is 11.1. The second kappa shape index (κ2) is 9.45. The molecule has 0 saturated heterocycles. The quantitative estimate of drug-likeness (QED) is 0.338. The van der Waals surface area contributed by atoms with E-state index in [4.69, 9.17) is 0 Å². The van der Waals surface area contributed by atoms with Crippen molar-refractivity contribution in [2.45, 2.75) is 38.5 Å². The van der Waals surface area contributed by atoms with Crippen molar-refractivity contribution >= 4 is 23.3 Å². The molecule has 178 valence electrons. The molecule has 7 heteroatoms. The molecule has 0 amide bonds. The third-order valence-electron chi connectivity index (χ3n) is 6.59. The van der Waals surface area contributed by atoms with Gasteiger partial charge in [-0.1, -0.05) is 12.1 Å². The van der Waals surface area contributed by atoms with Crippen LogP contribution >= 0.6 is 12.4 Å². The van der Waals surface area contributed by atoms with E-state index >= 15 is 0 Å². The van der Waals surface area contributed by atoms with E-state index in [0.29, 0.717) is 25.1 Å². The minimum atomic E-state index is -1.04. The van der Waals surface area contributed by atoms with Gasteiger partial charge in [0, 0.05) is 29.9 Å². The van der Waals surface area contributed by atoms with Crippen LogP contribution < -0.4 is 0 Å². The molecule has 0 spiro atoms. The summed E-state index contributed by atoms with van der Waals surface area (Å²) >= 11 is 0. The molecule has 0 radical (unpaired) electrons. The van der Waals surface area contributed by atoms with E-state index in [1.807, 2.05) is 0 Å². The van der Waals surface area contributed by atoms with Gasteiger partial charge in [0.25, 0.3) is 0 Å². The molecule has 0 fully saturated rings. The second-order valence-electron chi connectivity index (χ2n) is 8.99. The van der Waals surface area contributed by atoms with Gasteiger partial charge in [0.05, 0.1) is 11.1 Å². The number of aromatic nitrogens is 1.